The molecule has 0 heterocycles. The normalized spacial score (nSPS) is 5.10. The molecule has 0 aliphatic heterocycles. The van der Waals surface area contributed by atoms with Crippen molar-refractivity contribution in [3.05, 3.63) is 0 Å². The van der Waals surface area contributed by atoms with Crippen molar-refractivity contribution in [2.24, 2.45) is 0 Å². The second kappa shape index (κ2) is 17.0. The van der Waals surface area contributed by atoms with Crippen LogP contribution in [0.3, 0.4) is 0 Å². The first-order chi connectivity index (χ1) is 3.46. The molecule has 0 amide bonds. The van der Waals surface area contributed by atoms with Gasteiger partial charge in [-0.1, -0.05) is 0 Å². The molecule has 0 aromatic rings. The third-order valence-corrected chi connectivity index (χ3v) is 0. The molecule has 0 radical (unpaired) electrons. The van der Waals surface area contributed by atoms with E-state index < -0.39 is 13.5 Å². The average Bonchev–Trinajstić information content (AvgIpc) is 1.25. The minimum Gasteiger partial charge on any atom is -0.907 e. The van der Waals surface area contributed by atoms with Gasteiger partial charge in [-0.15, -0.1) is 0 Å². The predicted molar refractivity (Wildman–Crippen MR) is 22.7 cm³/mol. The summed E-state index contributed by atoms with van der Waals surface area (Å²) in [7, 11) is -2.92. The fourth-order valence-corrected chi connectivity index (χ4v) is 0. The first kappa shape index (κ1) is 22.6. The summed E-state index contributed by atoms with van der Waals surface area (Å²) < 4.78 is 0. The van der Waals surface area contributed by atoms with Gasteiger partial charge in [-0.25, -0.2) is 0 Å². The van der Waals surface area contributed by atoms with E-state index in [1.807, 2.05) is 0 Å². The van der Waals surface area contributed by atoms with E-state index in [-0.39, 0.29) is 75.5 Å². The molecule has 0 atom stereocenters. The van der Waals surface area contributed by atoms with Crippen molar-refractivity contribution in [2.45, 2.75) is 0 Å². The zero-order valence-electron chi connectivity index (χ0n) is 4.94. The van der Waals surface area contributed by atoms with Gasteiger partial charge < -0.3 is 30.1 Å². The summed E-state index contributed by atoms with van der Waals surface area (Å²) >= 11 is 0. The molecule has 0 aromatic carbocycles. The zero-order valence-corrected chi connectivity index (χ0v) is 9.36. The first-order valence-electron chi connectivity index (χ1n) is 1.32. The molecule has 0 aliphatic rings. The van der Waals surface area contributed by atoms with Gasteiger partial charge in [0.15, 0.2) is 0 Å². The van der Waals surface area contributed by atoms with Crippen LogP contribution < -0.4 is 25.3 Å². The minimum absolute atomic E-state index is 0. The van der Waals surface area contributed by atoms with Gasteiger partial charge in [0.1, 0.15) is 0 Å². The van der Waals surface area contributed by atoms with E-state index in [1.54, 1.807) is 0 Å². The molecule has 9 heteroatoms. The molecule has 0 saturated heterocycles. The van der Waals surface area contributed by atoms with Crippen LogP contribution in [0.2, 0.25) is 0 Å². The second-order valence-electron chi connectivity index (χ2n) is 0.539. The van der Waals surface area contributed by atoms with E-state index in [0.29, 0.717) is 0 Å². The Kier molecular flexibility index (Phi) is 38.4. The third kappa shape index (κ3) is 247. The number of carbonyl (C=O) groups excluding carboxylic acids is 1. The molecule has 0 fully saturated rings. The molecule has 0 spiro atoms. The largest absolute Gasteiger partial charge is 2.00 e. The second-order valence-corrected chi connectivity index (χ2v) is 0.539. The summed E-state index contributed by atoms with van der Waals surface area (Å²) in [4.78, 5) is 8.33. The topological polar surface area (TPSA) is 132 Å². The van der Waals surface area contributed by atoms with Crippen LogP contribution >= 0.6 is 0 Å². The average molecular weight is 199 g/mol. The van der Waals surface area contributed by atoms with E-state index in [4.69, 9.17) is 30.1 Å². The Morgan fingerprint density at radius 1 is 1.00 bits per heavy atom. The summed E-state index contributed by atoms with van der Waals surface area (Å²) in [6.07, 6.45) is -2.33. The van der Waals surface area contributed by atoms with Crippen LogP contribution in [0.1, 0.15) is 0 Å². The predicted octanol–water partition coefficient (Wildman–Crippen LogP) is -7.16. The Labute approximate surface area is 117 Å². The Hall–Kier alpha value is 1.73. The fourth-order valence-electron chi connectivity index (χ4n) is 0. The van der Waals surface area contributed by atoms with Crippen molar-refractivity contribution in [3.8, 4) is 0 Å². The molecular formula is CBCa2O6-. The quantitative estimate of drug-likeness (QED) is 0.356. The van der Waals surface area contributed by atoms with Gasteiger partial charge in [-0.2, -0.15) is 0 Å². The van der Waals surface area contributed by atoms with Gasteiger partial charge in [0.2, 0.25) is 0 Å². The van der Waals surface area contributed by atoms with Crippen molar-refractivity contribution in [2.75, 3.05) is 0 Å². The van der Waals surface area contributed by atoms with Crippen LogP contribution in [0.25, 0.3) is 0 Å². The summed E-state index contributed by atoms with van der Waals surface area (Å²) in [5.41, 5.74) is 0. The van der Waals surface area contributed by atoms with E-state index in [2.05, 4.69) is 0 Å². The summed E-state index contributed by atoms with van der Waals surface area (Å²) in [5.74, 6) is 0. The number of rotatable bonds is 0. The summed E-state index contributed by atoms with van der Waals surface area (Å²) in [6, 6.07) is 0. The van der Waals surface area contributed by atoms with Crippen molar-refractivity contribution >= 4 is 89.0 Å². The Morgan fingerprint density at radius 3 is 1.00 bits per heavy atom. The summed E-state index contributed by atoms with van der Waals surface area (Å²) in [5, 5.41) is 41.9. The van der Waals surface area contributed by atoms with Crippen LogP contribution in [0, 0.1) is 0 Å². The Balaban J connectivity index is -0.0000000300. The Bertz CT molecular complexity index is 60.0. The van der Waals surface area contributed by atoms with Crippen LogP contribution in [-0.4, -0.2) is 89.0 Å². The standard InChI is InChI=1S/CH2O3.BO3.2Ca/c2*2-1(3)4;;/h(H2,2,3,4);;;/q;-3;2*+2/p-2. The van der Waals surface area contributed by atoms with Gasteiger partial charge in [-0.3, -0.25) is 7.32 Å². The number of hydrogen-bond donors (Lipinski definition) is 0. The molecule has 0 saturated carbocycles. The van der Waals surface area contributed by atoms with Gasteiger partial charge in [0.05, 0.1) is 0 Å². The third-order valence-electron chi connectivity index (χ3n) is 0. The van der Waals surface area contributed by atoms with Crippen LogP contribution in [0.5, 0.6) is 0 Å². The maximum atomic E-state index is 8.42. The molecule has 48 valence electrons. The molecule has 0 aromatic heterocycles. The number of carboxylic acid groups (broad SMARTS) is 2. The van der Waals surface area contributed by atoms with Gasteiger partial charge in [0, 0.05) is 0 Å². The SMILES string of the molecule is O=C([O-])[O-].[Ca+2].[Ca+2].[O-]B([O-])[O-]. The van der Waals surface area contributed by atoms with Crippen molar-refractivity contribution in [3.63, 3.8) is 0 Å². The summed E-state index contributed by atoms with van der Waals surface area (Å²) in [6.45, 7) is 0. The van der Waals surface area contributed by atoms with Crippen LogP contribution in [0.15, 0.2) is 0 Å². The van der Waals surface area contributed by atoms with E-state index in [1.165, 1.54) is 0 Å². The molecule has 0 rings (SSSR count). The number of hydrogen-bond acceptors (Lipinski definition) is 6. The smallest absolute Gasteiger partial charge is 0.907 e. The van der Waals surface area contributed by atoms with Gasteiger partial charge in [0.25, 0.3) is 0 Å². The van der Waals surface area contributed by atoms with E-state index >= 15 is 0 Å². The Morgan fingerprint density at radius 2 is 1.00 bits per heavy atom. The molecule has 0 aliphatic carbocycles. The number of carbonyl (C=O) groups is 1. The molecule has 6 nitrogen and oxygen atoms in total. The van der Waals surface area contributed by atoms with Crippen molar-refractivity contribution < 1.29 is 30.1 Å². The maximum Gasteiger partial charge on any atom is 2.00 e. The maximum absolute atomic E-state index is 8.42. The van der Waals surface area contributed by atoms with Crippen LogP contribution in [-0.2, 0) is 0 Å². The van der Waals surface area contributed by atoms with Gasteiger partial charge in [-0.05, 0) is 6.16 Å². The minimum atomic E-state index is -2.92. The first-order valence-corrected chi connectivity index (χ1v) is 1.32. The van der Waals surface area contributed by atoms with Crippen molar-refractivity contribution in [1.29, 1.82) is 0 Å². The molecule has 0 bridgehead atoms. The fraction of sp³-hybridized carbons (Fsp3) is 0. The molecule has 0 N–H and O–H groups in total. The molecule has 10 heavy (non-hydrogen) atoms. The zero-order chi connectivity index (χ0) is 7.15. The van der Waals surface area contributed by atoms with Crippen LogP contribution in [0.4, 0.5) is 4.79 Å². The van der Waals surface area contributed by atoms with E-state index in [9.17, 15) is 0 Å². The van der Waals surface area contributed by atoms with Gasteiger partial charge >= 0.3 is 75.5 Å². The molecule has 0 unspecified atom stereocenters. The van der Waals surface area contributed by atoms with E-state index in [0.717, 1.165) is 0 Å². The molecular weight excluding hydrogens is 199 g/mol. The van der Waals surface area contributed by atoms with Crippen molar-refractivity contribution in [1.82, 2.24) is 0 Å². The monoisotopic (exact) mass is 199 g/mol.